The number of nitrogens with one attached hydrogen (secondary N) is 2. The molecule has 2 amide bonds. The van der Waals surface area contributed by atoms with Gasteiger partial charge in [0.25, 0.3) is 0 Å². The standard InChI is InChI=1S/C20H17FN2O3S/c1-12-2-4-13(5-3-12)11-22-20(26)23-16-10-17(27-18(16)19(24)25)14-6-8-15(21)9-7-14/h2-10H,11H2,1H3,(H,24,25)(H2,22,23,26). The molecule has 0 unspecified atom stereocenters. The van der Waals surface area contributed by atoms with Crippen LogP contribution in [-0.4, -0.2) is 17.1 Å². The summed E-state index contributed by atoms with van der Waals surface area (Å²) < 4.78 is 13.1. The largest absolute Gasteiger partial charge is 0.477 e. The summed E-state index contributed by atoms with van der Waals surface area (Å²) in [6, 6.07) is 14.5. The molecular formula is C20H17FN2O3S. The molecule has 138 valence electrons. The molecule has 0 atom stereocenters. The first-order valence-corrected chi connectivity index (χ1v) is 8.97. The number of carbonyl (C=O) groups is 2. The molecule has 7 heteroatoms. The van der Waals surface area contributed by atoms with Gasteiger partial charge in [0.2, 0.25) is 0 Å². The Balaban J connectivity index is 1.73. The fourth-order valence-corrected chi connectivity index (χ4v) is 3.41. The average Bonchev–Trinajstić information content (AvgIpc) is 3.06. The van der Waals surface area contributed by atoms with E-state index in [0.29, 0.717) is 17.0 Å². The van der Waals surface area contributed by atoms with E-state index in [-0.39, 0.29) is 16.4 Å². The Hall–Kier alpha value is -3.19. The Morgan fingerprint density at radius 2 is 1.74 bits per heavy atom. The van der Waals surface area contributed by atoms with Crippen molar-refractivity contribution in [2.75, 3.05) is 5.32 Å². The molecule has 0 aliphatic rings. The molecule has 0 bridgehead atoms. The van der Waals surface area contributed by atoms with E-state index in [1.54, 1.807) is 18.2 Å². The maximum absolute atomic E-state index is 13.1. The van der Waals surface area contributed by atoms with Crippen molar-refractivity contribution in [3.8, 4) is 10.4 Å². The van der Waals surface area contributed by atoms with E-state index >= 15 is 0 Å². The molecular weight excluding hydrogens is 367 g/mol. The van der Waals surface area contributed by atoms with Crippen molar-refractivity contribution in [2.24, 2.45) is 0 Å². The first-order chi connectivity index (χ1) is 12.9. The molecule has 0 aliphatic carbocycles. The fourth-order valence-electron chi connectivity index (χ4n) is 2.45. The molecule has 3 N–H and O–H groups in total. The van der Waals surface area contributed by atoms with E-state index < -0.39 is 12.0 Å². The minimum absolute atomic E-state index is 0.0137. The normalized spacial score (nSPS) is 10.4. The molecule has 0 saturated heterocycles. The smallest absolute Gasteiger partial charge is 0.348 e. The zero-order chi connectivity index (χ0) is 19.4. The number of carbonyl (C=O) groups excluding carboxylic acids is 1. The van der Waals surface area contributed by atoms with Crippen molar-refractivity contribution in [2.45, 2.75) is 13.5 Å². The number of amides is 2. The van der Waals surface area contributed by atoms with Gasteiger partial charge in [-0.3, -0.25) is 0 Å². The molecule has 0 radical (unpaired) electrons. The van der Waals surface area contributed by atoms with Gasteiger partial charge < -0.3 is 15.7 Å². The van der Waals surface area contributed by atoms with Crippen molar-refractivity contribution < 1.29 is 19.1 Å². The summed E-state index contributed by atoms with van der Waals surface area (Å²) in [6.45, 7) is 2.30. The summed E-state index contributed by atoms with van der Waals surface area (Å²) >= 11 is 1.02. The summed E-state index contributed by atoms with van der Waals surface area (Å²) in [5, 5.41) is 14.7. The fraction of sp³-hybridized carbons (Fsp3) is 0.100. The number of rotatable bonds is 5. The first kappa shape index (κ1) is 18.6. The Bertz CT molecular complexity index is 966. The van der Waals surface area contributed by atoms with Gasteiger partial charge in [-0.25, -0.2) is 14.0 Å². The van der Waals surface area contributed by atoms with Crippen molar-refractivity contribution in [1.29, 1.82) is 0 Å². The third-order valence-corrected chi connectivity index (χ3v) is 5.05. The number of benzene rings is 2. The highest BCUT2D eigenvalue weighted by molar-refractivity contribution is 7.18. The quantitative estimate of drug-likeness (QED) is 0.586. The van der Waals surface area contributed by atoms with Gasteiger partial charge in [0.15, 0.2) is 0 Å². The highest BCUT2D eigenvalue weighted by Gasteiger charge is 2.18. The molecule has 5 nitrogen and oxygen atoms in total. The molecule has 1 aromatic heterocycles. The van der Waals surface area contributed by atoms with Crippen LogP contribution in [0.2, 0.25) is 0 Å². The van der Waals surface area contributed by atoms with Gasteiger partial charge >= 0.3 is 12.0 Å². The highest BCUT2D eigenvalue weighted by Crippen LogP contribution is 2.35. The Kier molecular flexibility index (Phi) is 5.52. The van der Waals surface area contributed by atoms with Gasteiger partial charge in [-0.15, -0.1) is 11.3 Å². The molecule has 3 rings (SSSR count). The molecule has 3 aromatic rings. The number of carboxylic acids is 1. The Morgan fingerprint density at radius 3 is 2.37 bits per heavy atom. The number of halogens is 1. The van der Waals surface area contributed by atoms with Crippen LogP contribution in [0.15, 0.2) is 54.6 Å². The van der Waals surface area contributed by atoms with Gasteiger partial charge in [0.1, 0.15) is 10.7 Å². The summed E-state index contributed by atoms with van der Waals surface area (Å²) in [6.07, 6.45) is 0. The zero-order valence-corrected chi connectivity index (χ0v) is 15.3. The number of carboxylic acid groups (broad SMARTS) is 1. The van der Waals surface area contributed by atoms with Gasteiger partial charge in [-0.1, -0.05) is 42.0 Å². The average molecular weight is 384 g/mol. The van der Waals surface area contributed by atoms with Gasteiger partial charge in [0, 0.05) is 11.4 Å². The van der Waals surface area contributed by atoms with E-state index in [1.165, 1.54) is 12.1 Å². The predicted molar refractivity (Wildman–Crippen MR) is 104 cm³/mol. The first-order valence-electron chi connectivity index (χ1n) is 8.16. The molecule has 1 heterocycles. The number of hydrogen-bond acceptors (Lipinski definition) is 3. The lowest BCUT2D eigenvalue weighted by Gasteiger charge is -2.07. The van der Waals surface area contributed by atoms with Crippen molar-refractivity contribution >= 4 is 29.0 Å². The minimum Gasteiger partial charge on any atom is -0.477 e. The van der Waals surface area contributed by atoms with Crippen LogP contribution in [0.1, 0.15) is 20.8 Å². The number of hydrogen-bond donors (Lipinski definition) is 3. The molecule has 0 fully saturated rings. The van der Waals surface area contributed by atoms with Crippen LogP contribution < -0.4 is 10.6 Å². The molecule has 0 spiro atoms. The van der Waals surface area contributed by atoms with Crippen molar-refractivity contribution in [3.63, 3.8) is 0 Å². The van der Waals surface area contributed by atoms with E-state index in [0.717, 1.165) is 22.5 Å². The summed E-state index contributed by atoms with van der Waals surface area (Å²) in [4.78, 5) is 24.3. The molecule has 2 aromatic carbocycles. The van der Waals surface area contributed by atoms with E-state index in [9.17, 15) is 19.1 Å². The second-order valence-corrected chi connectivity index (χ2v) is 7.01. The molecule has 27 heavy (non-hydrogen) atoms. The zero-order valence-electron chi connectivity index (χ0n) is 14.5. The second-order valence-electron chi connectivity index (χ2n) is 5.96. The second kappa shape index (κ2) is 8.01. The third kappa shape index (κ3) is 4.71. The van der Waals surface area contributed by atoms with E-state index in [4.69, 9.17) is 0 Å². The molecule has 0 aliphatic heterocycles. The van der Waals surface area contributed by atoms with Crippen LogP contribution in [0.4, 0.5) is 14.9 Å². The SMILES string of the molecule is Cc1ccc(CNC(=O)Nc2cc(-c3ccc(F)cc3)sc2C(=O)O)cc1. The van der Waals surface area contributed by atoms with Gasteiger partial charge in [-0.05, 0) is 36.2 Å². The lowest BCUT2D eigenvalue weighted by Crippen LogP contribution is -2.28. The lowest BCUT2D eigenvalue weighted by atomic mass is 10.1. The lowest BCUT2D eigenvalue weighted by molar-refractivity contribution is 0.0703. The predicted octanol–water partition coefficient (Wildman–Crippen LogP) is 4.88. The van der Waals surface area contributed by atoms with Crippen molar-refractivity contribution in [1.82, 2.24) is 5.32 Å². The van der Waals surface area contributed by atoms with Crippen LogP contribution >= 0.6 is 11.3 Å². The van der Waals surface area contributed by atoms with Crippen molar-refractivity contribution in [3.05, 3.63) is 76.4 Å². The number of thiophene rings is 1. The Morgan fingerprint density at radius 1 is 1.07 bits per heavy atom. The van der Waals surface area contributed by atoms with Crippen LogP contribution in [0.5, 0.6) is 0 Å². The van der Waals surface area contributed by atoms with Gasteiger partial charge in [-0.2, -0.15) is 0 Å². The summed E-state index contributed by atoms with van der Waals surface area (Å²) in [5.41, 5.74) is 2.94. The number of urea groups is 1. The number of aromatic carboxylic acids is 1. The monoisotopic (exact) mass is 384 g/mol. The van der Waals surface area contributed by atoms with Crippen LogP contribution in [0, 0.1) is 12.7 Å². The number of anilines is 1. The van der Waals surface area contributed by atoms with Crippen LogP contribution in [0.25, 0.3) is 10.4 Å². The van der Waals surface area contributed by atoms with Crippen LogP contribution in [-0.2, 0) is 6.54 Å². The summed E-state index contributed by atoms with van der Waals surface area (Å²) in [5.74, 6) is -1.51. The topological polar surface area (TPSA) is 78.4 Å². The summed E-state index contributed by atoms with van der Waals surface area (Å²) in [7, 11) is 0. The molecule has 0 saturated carbocycles. The maximum atomic E-state index is 13.1. The van der Waals surface area contributed by atoms with Crippen LogP contribution in [0.3, 0.4) is 0 Å². The maximum Gasteiger partial charge on any atom is 0.348 e. The minimum atomic E-state index is -1.14. The van der Waals surface area contributed by atoms with E-state index in [1.807, 2.05) is 31.2 Å². The third-order valence-electron chi connectivity index (χ3n) is 3.88. The highest BCUT2D eigenvalue weighted by atomic mass is 32.1. The Labute approximate surface area is 159 Å². The number of aryl methyl sites for hydroxylation is 1. The van der Waals surface area contributed by atoms with Gasteiger partial charge in [0.05, 0.1) is 5.69 Å². The van der Waals surface area contributed by atoms with E-state index in [2.05, 4.69) is 10.6 Å².